The van der Waals surface area contributed by atoms with E-state index in [-0.39, 0.29) is 11.9 Å². The van der Waals surface area contributed by atoms with E-state index in [1.807, 2.05) is 6.92 Å². The van der Waals surface area contributed by atoms with E-state index in [0.717, 1.165) is 6.26 Å². The maximum atomic E-state index is 11.6. The second-order valence-electron chi connectivity index (χ2n) is 3.42. The van der Waals surface area contributed by atoms with Gasteiger partial charge in [-0.1, -0.05) is 15.9 Å². The molecule has 14 heavy (non-hydrogen) atoms. The molecule has 2 atom stereocenters. The number of halogens is 1. The Hall–Kier alpha value is -0.100. The molecule has 84 valence electrons. The number of carbonyl (C=O) groups excluding carboxylic acids is 1. The SMILES string of the molecule is CC(CBr)N(C)C(=O)C(C)S(C)(=O)=O. The molecule has 0 aliphatic heterocycles. The van der Waals surface area contributed by atoms with Gasteiger partial charge in [-0.3, -0.25) is 4.79 Å². The number of sulfone groups is 1. The Balaban J connectivity index is 4.64. The van der Waals surface area contributed by atoms with Crippen molar-refractivity contribution in [3.63, 3.8) is 0 Å². The van der Waals surface area contributed by atoms with Crippen molar-refractivity contribution >= 4 is 31.7 Å². The Morgan fingerprint density at radius 1 is 1.43 bits per heavy atom. The van der Waals surface area contributed by atoms with Gasteiger partial charge in [0.1, 0.15) is 5.25 Å². The highest BCUT2D eigenvalue weighted by molar-refractivity contribution is 9.09. The average Bonchev–Trinajstić information content (AvgIpc) is 2.11. The summed E-state index contributed by atoms with van der Waals surface area (Å²) < 4.78 is 22.3. The third-order valence-electron chi connectivity index (χ3n) is 2.22. The summed E-state index contributed by atoms with van der Waals surface area (Å²) in [6.45, 7) is 3.26. The van der Waals surface area contributed by atoms with Crippen LogP contribution in [0, 0.1) is 0 Å². The summed E-state index contributed by atoms with van der Waals surface area (Å²) in [5.74, 6) is -0.362. The molecule has 0 radical (unpaired) electrons. The third-order valence-corrected chi connectivity index (χ3v) is 4.65. The van der Waals surface area contributed by atoms with Crippen molar-refractivity contribution in [3.05, 3.63) is 0 Å². The zero-order valence-corrected chi connectivity index (χ0v) is 11.2. The molecule has 4 nitrogen and oxygen atoms in total. The first-order valence-electron chi connectivity index (χ1n) is 4.23. The molecule has 0 rings (SSSR count). The van der Waals surface area contributed by atoms with E-state index in [0.29, 0.717) is 5.33 Å². The lowest BCUT2D eigenvalue weighted by Crippen LogP contribution is -2.44. The van der Waals surface area contributed by atoms with Gasteiger partial charge in [-0.2, -0.15) is 0 Å². The van der Waals surface area contributed by atoms with Crippen molar-refractivity contribution in [2.24, 2.45) is 0 Å². The monoisotopic (exact) mass is 285 g/mol. The fourth-order valence-electron chi connectivity index (χ4n) is 0.791. The van der Waals surface area contributed by atoms with Crippen LogP contribution in [0.2, 0.25) is 0 Å². The first kappa shape index (κ1) is 13.9. The van der Waals surface area contributed by atoms with Gasteiger partial charge in [0.05, 0.1) is 0 Å². The highest BCUT2D eigenvalue weighted by atomic mass is 79.9. The van der Waals surface area contributed by atoms with Crippen LogP contribution in [0.1, 0.15) is 13.8 Å². The largest absolute Gasteiger partial charge is 0.341 e. The predicted molar refractivity (Wildman–Crippen MR) is 60.3 cm³/mol. The van der Waals surface area contributed by atoms with Crippen LogP contribution in [-0.2, 0) is 14.6 Å². The molecule has 0 aromatic rings. The summed E-state index contributed by atoms with van der Waals surface area (Å²) in [5.41, 5.74) is 0. The highest BCUT2D eigenvalue weighted by Gasteiger charge is 2.28. The van der Waals surface area contributed by atoms with Crippen molar-refractivity contribution in [2.75, 3.05) is 18.6 Å². The van der Waals surface area contributed by atoms with Crippen molar-refractivity contribution in [3.8, 4) is 0 Å². The van der Waals surface area contributed by atoms with Gasteiger partial charge in [-0.05, 0) is 13.8 Å². The molecule has 0 aromatic heterocycles. The van der Waals surface area contributed by atoms with Gasteiger partial charge < -0.3 is 4.90 Å². The van der Waals surface area contributed by atoms with E-state index in [1.54, 1.807) is 7.05 Å². The van der Waals surface area contributed by atoms with E-state index >= 15 is 0 Å². The fourth-order valence-corrected chi connectivity index (χ4v) is 1.76. The lowest BCUT2D eigenvalue weighted by Gasteiger charge is -2.25. The van der Waals surface area contributed by atoms with Crippen LogP contribution in [0.25, 0.3) is 0 Å². The van der Waals surface area contributed by atoms with Crippen LogP contribution in [-0.4, -0.2) is 49.2 Å². The molecule has 0 spiro atoms. The number of hydrogen-bond donors (Lipinski definition) is 0. The number of alkyl halides is 1. The van der Waals surface area contributed by atoms with Crippen molar-refractivity contribution in [1.82, 2.24) is 4.90 Å². The minimum absolute atomic E-state index is 0.00769. The van der Waals surface area contributed by atoms with Crippen LogP contribution < -0.4 is 0 Å². The summed E-state index contributed by atoms with van der Waals surface area (Å²) in [6, 6.07) is -0.00769. The van der Waals surface area contributed by atoms with Crippen molar-refractivity contribution in [2.45, 2.75) is 25.1 Å². The van der Waals surface area contributed by atoms with Gasteiger partial charge in [-0.15, -0.1) is 0 Å². The molecule has 2 unspecified atom stereocenters. The Labute approximate surface area is 93.7 Å². The minimum atomic E-state index is -3.30. The molecule has 0 bridgehead atoms. The van der Waals surface area contributed by atoms with Crippen LogP contribution in [0.3, 0.4) is 0 Å². The first-order chi connectivity index (χ1) is 6.21. The highest BCUT2D eigenvalue weighted by Crippen LogP contribution is 2.07. The van der Waals surface area contributed by atoms with Gasteiger partial charge in [0.15, 0.2) is 9.84 Å². The van der Waals surface area contributed by atoms with E-state index in [4.69, 9.17) is 0 Å². The van der Waals surface area contributed by atoms with Gasteiger partial charge in [-0.25, -0.2) is 8.42 Å². The summed E-state index contributed by atoms with van der Waals surface area (Å²) in [4.78, 5) is 13.1. The molecule has 0 saturated carbocycles. The van der Waals surface area contributed by atoms with Gasteiger partial charge >= 0.3 is 0 Å². The molecule has 0 saturated heterocycles. The Morgan fingerprint density at radius 3 is 2.14 bits per heavy atom. The smallest absolute Gasteiger partial charge is 0.240 e. The first-order valence-corrected chi connectivity index (χ1v) is 7.31. The van der Waals surface area contributed by atoms with E-state index < -0.39 is 15.1 Å². The summed E-state index contributed by atoms with van der Waals surface area (Å²) in [6.07, 6.45) is 1.07. The quantitative estimate of drug-likeness (QED) is 0.713. The number of amides is 1. The lowest BCUT2D eigenvalue weighted by atomic mass is 10.3. The molecule has 1 amide bonds. The van der Waals surface area contributed by atoms with Crippen LogP contribution >= 0.6 is 15.9 Å². The second-order valence-corrected chi connectivity index (χ2v) is 6.44. The topological polar surface area (TPSA) is 54.5 Å². The average molecular weight is 286 g/mol. The van der Waals surface area contributed by atoms with Gasteiger partial charge in [0.2, 0.25) is 5.91 Å². The molecule has 0 aliphatic rings. The predicted octanol–water partition coefficient (Wildman–Crippen LogP) is 0.661. The van der Waals surface area contributed by atoms with Gasteiger partial charge in [0, 0.05) is 24.7 Å². The molecule has 0 heterocycles. The fraction of sp³-hybridized carbons (Fsp3) is 0.875. The molecule has 0 aliphatic carbocycles. The maximum absolute atomic E-state index is 11.6. The van der Waals surface area contributed by atoms with Crippen LogP contribution in [0.5, 0.6) is 0 Å². The number of carbonyl (C=O) groups is 1. The second kappa shape index (κ2) is 5.11. The van der Waals surface area contributed by atoms with Crippen molar-refractivity contribution in [1.29, 1.82) is 0 Å². The zero-order chi connectivity index (χ0) is 11.5. The molecular formula is C8H16BrNO3S. The molecule has 0 fully saturated rings. The van der Waals surface area contributed by atoms with Crippen LogP contribution in [0.4, 0.5) is 0 Å². The Bertz CT molecular complexity index is 302. The van der Waals surface area contributed by atoms with E-state index in [1.165, 1.54) is 11.8 Å². The van der Waals surface area contributed by atoms with Crippen LogP contribution in [0.15, 0.2) is 0 Å². The molecule has 6 heteroatoms. The third kappa shape index (κ3) is 3.57. The van der Waals surface area contributed by atoms with E-state index in [2.05, 4.69) is 15.9 Å². The molecular weight excluding hydrogens is 270 g/mol. The van der Waals surface area contributed by atoms with Gasteiger partial charge in [0.25, 0.3) is 0 Å². The zero-order valence-electron chi connectivity index (χ0n) is 8.82. The number of hydrogen-bond acceptors (Lipinski definition) is 3. The lowest BCUT2D eigenvalue weighted by molar-refractivity contribution is -0.130. The van der Waals surface area contributed by atoms with Crippen molar-refractivity contribution < 1.29 is 13.2 Å². The van der Waals surface area contributed by atoms with E-state index in [9.17, 15) is 13.2 Å². The number of rotatable bonds is 4. The normalized spacial score (nSPS) is 16.1. The Morgan fingerprint density at radius 2 is 1.86 bits per heavy atom. The Kier molecular flexibility index (Phi) is 5.08. The summed E-state index contributed by atoms with van der Waals surface area (Å²) in [7, 11) is -1.69. The maximum Gasteiger partial charge on any atom is 0.240 e. The summed E-state index contributed by atoms with van der Waals surface area (Å²) in [5, 5.41) is -0.333. The molecule has 0 aromatic carbocycles. The number of nitrogens with zero attached hydrogens (tertiary/aromatic N) is 1. The minimum Gasteiger partial charge on any atom is -0.341 e. The summed E-state index contributed by atoms with van der Waals surface area (Å²) >= 11 is 3.24. The molecule has 0 N–H and O–H groups in total. The standard InChI is InChI=1S/C8H16BrNO3S/c1-6(5-9)10(3)8(11)7(2)14(4,12)13/h6-7H,5H2,1-4H3.